The zero-order valence-corrected chi connectivity index (χ0v) is 11.1. The maximum absolute atomic E-state index is 6.29. The van der Waals surface area contributed by atoms with Gasteiger partial charge in [0.25, 0.3) is 0 Å². The van der Waals surface area contributed by atoms with Gasteiger partial charge in [-0.3, -0.25) is 5.84 Å². The van der Waals surface area contributed by atoms with Crippen LogP contribution in [0.15, 0.2) is 0 Å². The number of rotatable bonds is 3. The van der Waals surface area contributed by atoms with Gasteiger partial charge in [0, 0.05) is 11.1 Å². The summed E-state index contributed by atoms with van der Waals surface area (Å²) in [5, 5.41) is 2.10. The normalized spacial score (nSPS) is 30.4. The van der Waals surface area contributed by atoms with Crippen LogP contribution in [0, 0.1) is 5.92 Å². The molecule has 1 heterocycles. The van der Waals surface area contributed by atoms with Crippen LogP contribution in [0.3, 0.4) is 0 Å². The maximum Gasteiger partial charge on any atom is 0.0329 e. The molecule has 90 valence electrons. The molecule has 0 aromatic rings. The molecule has 0 saturated carbocycles. The molecule has 0 aliphatic carbocycles. The van der Waals surface area contributed by atoms with Crippen molar-refractivity contribution in [1.29, 1.82) is 0 Å². The molecule has 2 heteroatoms. The number of unbranched alkanes of at least 4 members (excludes halogenated alkanes) is 1. The molecule has 1 atom stereocenters. The van der Waals surface area contributed by atoms with Gasteiger partial charge in [0.1, 0.15) is 0 Å². The quantitative estimate of drug-likeness (QED) is 0.727. The zero-order valence-electron chi connectivity index (χ0n) is 11.1. The lowest BCUT2D eigenvalue weighted by Crippen LogP contribution is -2.65. The molecule has 2 nitrogen and oxygen atoms in total. The predicted molar refractivity (Wildman–Crippen MR) is 66.4 cm³/mol. The monoisotopic (exact) mass is 212 g/mol. The number of hydrazine groups is 1. The van der Waals surface area contributed by atoms with Gasteiger partial charge in [-0.2, -0.15) is 0 Å². The van der Waals surface area contributed by atoms with Crippen molar-refractivity contribution in [3.8, 4) is 0 Å². The van der Waals surface area contributed by atoms with Crippen molar-refractivity contribution in [3.63, 3.8) is 0 Å². The Morgan fingerprint density at radius 3 is 2.40 bits per heavy atom. The van der Waals surface area contributed by atoms with Gasteiger partial charge in [-0.15, -0.1) is 0 Å². The molecule has 0 aromatic heterocycles. The highest BCUT2D eigenvalue weighted by Gasteiger charge is 2.45. The van der Waals surface area contributed by atoms with Crippen LogP contribution in [0.25, 0.3) is 0 Å². The van der Waals surface area contributed by atoms with E-state index in [0.29, 0.717) is 0 Å². The van der Waals surface area contributed by atoms with E-state index in [0.717, 1.165) is 5.92 Å². The number of nitrogens with two attached hydrogens (primary N) is 1. The van der Waals surface area contributed by atoms with E-state index in [1.807, 2.05) is 0 Å². The lowest BCUT2D eigenvalue weighted by molar-refractivity contribution is -0.0693. The summed E-state index contributed by atoms with van der Waals surface area (Å²) in [4.78, 5) is 0. The van der Waals surface area contributed by atoms with E-state index < -0.39 is 0 Å². The molecule has 1 rings (SSSR count). The van der Waals surface area contributed by atoms with E-state index in [-0.39, 0.29) is 11.1 Å². The van der Waals surface area contributed by atoms with Crippen LogP contribution in [0.1, 0.15) is 66.7 Å². The lowest BCUT2D eigenvalue weighted by Gasteiger charge is -2.54. The molecule has 2 N–H and O–H groups in total. The van der Waals surface area contributed by atoms with Crippen molar-refractivity contribution in [1.82, 2.24) is 5.01 Å². The second-order valence-corrected chi connectivity index (χ2v) is 6.21. The molecule has 0 spiro atoms. The van der Waals surface area contributed by atoms with E-state index in [9.17, 15) is 0 Å². The van der Waals surface area contributed by atoms with Crippen LogP contribution in [0.4, 0.5) is 0 Å². The second-order valence-electron chi connectivity index (χ2n) is 6.21. The zero-order chi connectivity index (χ0) is 11.7. The highest BCUT2D eigenvalue weighted by Crippen LogP contribution is 2.41. The summed E-state index contributed by atoms with van der Waals surface area (Å²) in [5.74, 6) is 7.05. The Kier molecular flexibility index (Phi) is 3.83. The summed E-state index contributed by atoms with van der Waals surface area (Å²) < 4.78 is 0. The highest BCUT2D eigenvalue weighted by molar-refractivity contribution is 4.98. The minimum Gasteiger partial charge on any atom is -0.268 e. The Hall–Kier alpha value is -0.0800. The molecule has 1 unspecified atom stereocenters. The van der Waals surface area contributed by atoms with Crippen molar-refractivity contribution in [2.75, 3.05) is 0 Å². The Balaban J connectivity index is 2.71. The fourth-order valence-corrected chi connectivity index (χ4v) is 2.93. The topological polar surface area (TPSA) is 29.3 Å². The van der Waals surface area contributed by atoms with Crippen LogP contribution in [-0.4, -0.2) is 16.1 Å². The molecular weight excluding hydrogens is 184 g/mol. The van der Waals surface area contributed by atoms with Gasteiger partial charge < -0.3 is 0 Å². The van der Waals surface area contributed by atoms with Gasteiger partial charge in [-0.05, 0) is 52.9 Å². The van der Waals surface area contributed by atoms with Crippen LogP contribution >= 0.6 is 0 Å². The molecule has 1 saturated heterocycles. The summed E-state index contributed by atoms with van der Waals surface area (Å²) in [6, 6.07) is 0. The Morgan fingerprint density at radius 2 is 1.87 bits per heavy atom. The number of piperidine rings is 1. The summed E-state index contributed by atoms with van der Waals surface area (Å²) >= 11 is 0. The van der Waals surface area contributed by atoms with Crippen molar-refractivity contribution in [2.24, 2.45) is 11.8 Å². The highest BCUT2D eigenvalue weighted by atomic mass is 15.5. The minimum absolute atomic E-state index is 0.150. The molecule has 1 fully saturated rings. The number of nitrogens with zero attached hydrogens (tertiary/aromatic N) is 1. The van der Waals surface area contributed by atoms with E-state index >= 15 is 0 Å². The third-order valence-electron chi connectivity index (χ3n) is 4.28. The van der Waals surface area contributed by atoms with Crippen molar-refractivity contribution >= 4 is 0 Å². The predicted octanol–water partition coefficient (Wildman–Crippen LogP) is 3.32. The molecule has 0 amide bonds. The average molecular weight is 212 g/mol. The molecule has 1 aliphatic heterocycles. The fourth-order valence-electron chi connectivity index (χ4n) is 2.93. The van der Waals surface area contributed by atoms with Gasteiger partial charge in [-0.25, -0.2) is 5.01 Å². The first-order valence-electron chi connectivity index (χ1n) is 6.37. The third-order valence-corrected chi connectivity index (χ3v) is 4.28. The van der Waals surface area contributed by atoms with Crippen LogP contribution in [0.2, 0.25) is 0 Å². The van der Waals surface area contributed by atoms with Gasteiger partial charge >= 0.3 is 0 Å². The smallest absolute Gasteiger partial charge is 0.0329 e. The molecular formula is C13H28N2. The number of hydrogen-bond donors (Lipinski definition) is 1. The van der Waals surface area contributed by atoms with Crippen LogP contribution < -0.4 is 5.84 Å². The first kappa shape index (κ1) is 13.0. The fraction of sp³-hybridized carbons (Fsp3) is 1.00. The largest absolute Gasteiger partial charge is 0.268 e. The molecule has 15 heavy (non-hydrogen) atoms. The van der Waals surface area contributed by atoms with Gasteiger partial charge in [-0.1, -0.05) is 19.8 Å². The standard InChI is InChI=1S/C13H28N2/c1-6-7-8-11-9-10-12(2,3)15(14)13(11,4)5/h11H,6-10,14H2,1-5H3. The van der Waals surface area contributed by atoms with Gasteiger partial charge in [0.05, 0.1) is 0 Å². The first-order chi connectivity index (χ1) is 6.82. The Labute approximate surface area is 95.2 Å². The Morgan fingerprint density at radius 1 is 1.27 bits per heavy atom. The van der Waals surface area contributed by atoms with Gasteiger partial charge in [0.2, 0.25) is 0 Å². The van der Waals surface area contributed by atoms with E-state index in [2.05, 4.69) is 39.6 Å². The van der Waals surface area contributed by atoms with Crippen molar-refractivity contribution in [2.45, 2.75) is 77.8 Å². The molecule has 1 aliphatic rings. The summed E-state index contributed by atoms with van der Waals surface area (Å²) in [7, 11) is 0. The number of hydrogen-bond acceptors (Lipinski definition) is 2. The summed E-state index contributed by atoms with van der Waals surface area (Å²) in [5.41, 5.74) is 0.309. The lowest BCUT2D eigenvalue weighted by atomic mass is 9.72. The summed E-state index contributed by atoms with van der Waals surface area (Å²) in [6.45, 7) is 11.4. The maximum atomic E-state index is 6.29. The summed E-state index contributed by atoms with van der Waals surface area (Å²) in [6.07, 6.45) is 6.51. The average Bonchev–Trinajstić information content (AvgIpc) is 2.14. The van der Waals surface area contributed by atoms with E-state index in [1.165, 1.54) is 32.1 Å². The third kappa shape index (κ3) is 2.54. The van der Waals surface area contributed by atoms with Crippen molar-refractivity contribution in [3.05, 3.63) is 0 Å². The first-order valence-corrected chi connectivity index (χ1v) is 6.37. The molecule has 0 radical (unpaired) electrons. The minimum atomic E-state index is 0.150. The van der Waals surface area contributed by atoms with Crippen LogP contribution in [0.5, 0.6) is 0 Å². The Bertz CT molecular complexity index is 209. The van der Waals surface area contributed by atoms with Crippen LogP contribution in [-0.2, 0) is 0 Å². The van der Waals surface area contributed by atoms with E-state index in [4.69, 9.17) is 5.84 Å². The van der Waals surface area contributed by atoms with E-state index in [1.54, 1.807) is 0 Å². The van der Waals surface area contributed by atoms with Gasteiger partial charge in [0.15, 0.2) is 0 Å². The second kappa shape index (κ2) is 4.42. The SMILES string of the molecule is CCCCC1CCC(C)(C)N(N)C1(C)C. The molecule has 0 aromatic carbocycles. The molecule has 0 bridgehead atoms. The van der Waals surface area contributed by atoms with Crippen molar-refractivity contribution < 1.29 is 0 Å².